The summed E-state index contributed by atoms with van der Waals surface area (Å²) >= 11 is 0. The molecule has 2 aromatic heterocycles. The van der Waals surface area contributed by atoms with Crippen LogP contribution in [0.1, 0.15) is 28.8 Å². The Balaban J connectivity index is 1.50. The SMILES string of the molecule is O=C1N[C@H](CO)Cc2ccc(cc2)OCCCCOc2ccc3c(cnn3-c3ncccc31)c2. The molecule has 8 heteroatoms. The van der Waals surface area contributed by atoms with E-state index in [1.807, 2.05) is 42.5 Å². The minimum atomic E-state index is -0.449. The van der Waals surface area contributed by atoms with E-state index in [0.717, 1.165) is 40.8 Å². The van der Waals surface area contributed by atoms with Gasteiger partial charge in [0.1, 0.15) is 11.5 Å². The van der Waals surface area contributed by atoms with E-state index in [4.69, 9.17) is 9.47 Å². The zero-order valence-electron chi connectivity index (χ0n) is 18.7. The molecule has 0 saturated heterocycles. The number of nitrogens with zero attached hydrogens (tertiary/aromatic N) is 3. The highest BCUT2D eigenvalue weighted by Gasteiger charge is 2.20. The van der Waals surface area contributed by atoms with Gasteiger partial charge in [0.05, 0.1) is 43.1 Å². The van der Waals surface area contributed by atoms with E-state index in [1.54, 1.807) is 29.2 Å². The van der Waals surface area contributed by atoms with Crippen molar-refractivity contribution in [2.45, 2.75) is 25.3 Å². The molecule has 1 atom stereocenters. The molecule has 4 aromatic rings. The second-order valence-corrected chi connectivity index (χ2v) is 8.26. The predicted molar refractivity (Wildman–Crippen MR) is 128 cm³/mol. The Morgan fingerprint density at radius 2 is 1.79 bits per heavy atom. The number of aliphatic hydroxyl groups is 1. The molecule has 6 heterocycles. The molecule has 6 bridgehead atoms. The van der Waals surface area contributed by atoms with Gasteiger partial charge in [0, 0.05) is 11.6 Å². The van der Waals surface area contributed by atoms with Crippen molar-refractivity contribution in [2.24, 2.45) is 0 Å². The van der Waals surface area contributed by atoms with Gasteiger partial charge in [-0.05, 0) is 67.3 Å². The number of amides is 1. The highest BCUT2D eigenvalue weighted by molar-refractivity contribution is 5.98. The van der Waals surface area contributed by atoms with Gasteiger partial charge in [0.2, 0.25) is 0 Å². The number of rotatable bonds is 1. The molecule has 34 heavy (non-hydrogen) atoms. The Bertz CT molecular complexity index is 1290. The second-order valence-electron chi connectivity index (χ2n) is 8.26. The lowest BCUT2D eigenvalue weighted by Crippen LogP contribution is -2.39. The smallest absolute Gasteiger partial charge is 0.255 e. The van der Waals surface area contributed by atoms with Crippen molar-refractivity contribution in [1.29, 1.82) is 0 Å². The summed E-state index contributed by atoms with van der Waals surface area (Å²) < 4.78 is 13.4. The maximum absolute atomic E-state index is 13.2. The van der Waals surface area contributed by atoms with Crippen LogP contribution in [-0.2, 0) is 6.42 Å². The van der Waals surface area contributed by atoms with E-state index in [0.29, 0.717) is 31.0 Å². The van der Waals surface area contributed by atoms with Crippen molar-refractivity contribution in [3.8, 4) is 17.3 Å². The van der Waals surface area contributed by atoms with Crippen LogP contribution in [0.2, 0.25) is 0 Å². The number of pyridine rings is 1. The third kappa shape index (κ3) is 4.72. The Hall–Kier alpha value is -3.91. The number of carbonyl (C=O) groups excluding carboxylic acids is 1. The second kappa shape index (κ2) is 9.93. The summed E-state index contributed by atoms with van der Waals surface area (Å²) in [6.45, 7) is 1.01. The van der Waals surface area contributed by atoms with Crippen LogP contribution < -0.4 is 14.8 Å². The van der Waals surface area contributed by atoms with Crippen LogP contribution in [0.3, 0.4) is 0 Å². The van der Waals surface area contributed by atoms with Crippen molar-refractivity contribution in [2.75, 3.05) is 19.8 Å². The van der Waals surface area contributed by atoms with Gasteiger partial charge >= 0.3 is 0 Å². The van der Waals surface area contributed by atoms with Crippen LogP contribution in [0.15, 0.2) is 67.0 Å². The molecule has 2 N–H and O–H groups in total. The summed E-state index contributed by atoms with van der Waals surface area (Å²) in [5, 5.41) is 18.2. The van der Waals surface area contributed by atoms with E-state index in [2.05, 4.69) is 15.4 Å². The molecule has 174 valence electrons. The molecule has 0 aliphatic carbocycles. The Kier molecular flexibility index (Phi) is 6.40. The number of aromatic nitrogens is 3. The van der Waals surface area contributed by atoms with E-state index in [-0.39, 0.29) is 12.5 Å². The van der Waals surface area contributed by atoms with Crippen molar-refractivity contribution < 1.29 is 19.4 Å². The first-order valence-electron chi connectivity index (χ1n) is 11.4. The maximum atomic E-state index is 13.2. The average Bonchev–Trinajstić information content (AvgIpc) is 3.29. The molecule has 0 saturated carbocycles. The monoisotopic (exact) mass is 458 g/mol. The summed E-state index contributed by atoms with van der Waals surface area (Å²) in [7, 11) is 0. The van der Waals surface area contributed by atoms with E-state index in [1.165, 1.54) is 0 Å². The van der Waals surface area contributed by atoms with Crippen LogP contribution in [0.4, 0.5) is 0 Å². The minimum Gasteiger partial charge on any atom is -0.494 e. The molecule has 8 rings (SSSR count). The number of hydrogen-bond donors (Lipinski definition) is 2. The molecular weight excluding hydrogens is 432 g/mol. The van der Waals surface area contributed by atoms with Gasteiger partial charge in [0.25, 0.3) is 5.91 Å². The van der Waals surface area contributed by atoms with Gasteiger partial charge < -0.3 is 19.9 Å². The maximum Gasteiger partial charge on any atom is 0.255 e. The third-order valence-corrected chi connectivity index (χ3v) is 5.81. The highest BCUT2D eigenvalue weighted by Crippen LogP contribution is 2.24. The topological polar surface area (TPSA) is 98.5 Å². The fourth-order valence-corrected chi connectivity index (χ4v) is 4.03. The molecule has 0 radical (unpaired) electrons. The number of aliphatic hydroxyl groups excluding tert-OH is 1. The molecular formula is C26H26N4O4. The average molecular weight is 459 g/mol. The summed E-state index contributed by atoms with van der Waals surface area (Å²) in [6, 6.07) is 16.4. The zero-order chi connectivity index (χ0) is 23.3. The number of ether oxygens (including phenoxy) is 2. The molecule has 8 nitrogen and oxygen atoms in total. The normalized spacial score (nSPS) is 17.0. The lowest BCUT2D eigenvalue weighted by Gasteiger charge is -2.18. The van der Waals surface area contributed by atoms with Gasteiger partial charge in [-0.25, -0.2) is 9.67 Å². The quantitative estimate of drug-likeness (QED) is 0.454. The summed E-state index contributed by atoms with van der Waals surface area (Å²) in [5.41, 5.74) is 2.19. The Morgan fingerprint density at radius 3 is 2.59 bits per heavy atom. The molecule has 1 amide bonds. The number of nitrogens with one attached hydrogen (secondary N) is 1. The first-order chi connectivity index (χ1) is 16.7. The fraction of sp³-hybridized carbons (Fsp3) is 0.269. The molecule has 0 fully saturated rings. The Labute approximate surface area is 197 Å². The van der Waals surface area contributed by atoms with Crippen molar-refractivity contribution in [3.05, 3.63) is 78.1 Å². The number of carbonyl (C=O) groups is 1. The fourth-order valence-electron chi connectivity index (χ4n) is 4.03. The van der Waals surface area contributed by atoms with Crippen LogP contribution in [0, 0.1) is 0 Å². The third-order valence-electron chi connectivity index (χ3n) is 5.81. The van der Waals surface area contributed by atoms with Crippen molar-refractivity contribution in [3.63, 3.8) is 0 Å². The van der Waals surface area contributed by atoms with Crippen LogP contribution >= 0.6 is 0 Å². The van der Waals surface area contributed by atoms with E-state index < -0.39 is 6.04 Å². The number of hydrogen-bond acceptors (Lipinski definition) is 6. The first-order valence-corrected chi connectivity index (χ1v) is 11.4. The first kappa shape index (κ1) is 21.9. The van der Waals surface area contributed by atoms with Crippen molar-refractivity contribution in [1.82, 2.24) is 20.1 Å². The molecule has 4 aliphatic heterocycles. The van der Waals surface area contributed by atoms with Gasteiger partial charge in [0.15, 0.2) is 5.82 Å². The highest BCUT2D eigenvalue weighted by atomic mass is 16.5. The molecule has 0 unspecified atom stereocenters. The molecule has 2 aromatic carbocycles. The van der Waals surface area contributed by atoms with Gasteiger partial charge in [-0.15, -0.1) is 0 Å². The summed E-state index contributed by atoms with van der Waals surface area (Å²) in [5.74, 6) is 1.66. The van der Waals surface area contributed by atoms with E-state index >= 15 is 0 Å². The summed E-state index contributed by atoms with van der Waals surface area (Å²) in [4.78, 5) is 17.6. The predicted octanol–water partition coefficient (Wildman–Crippen LogP) is 3.31. The van der Waals surface area contributed by atoms with Crippen LogP contribution in [0.25, 0.3) is 16.7 Å². The van der Waals surface area contributed by atoms with Crippen molar-refractivity contribution >= 4 is 16.8 Å². The zero-order valence-corrected chi connectivity index (χ0v) is 18.7. The standard InChI is InChI=1S/C26H26N4O4/c31-17-20-14-18-5-7-21(8-6-18)33-12-1-2-13-34-22-9-10-24-19(15-22)16-28-30(24)25-23(26(32)29-20)4-3-11-27-25/h3-11,15-16,20,31H,1-2,12-14,17H2,(H,29,32)/t20-/m0/s1. The van der Waals surface area contributed by atoms with Gasteiger partial charge in [-0.3, -0.25) is 4.79 Å². The Morgan fingerprint density at radius 1 is 1.03 bits per heavy atom. The minimum absolute atomic E-state index is 0.187. The lowest BCUT2D eigenvalue weighted by molar-refractivity contribution is 0.0916. The number of benzene rings is 2. The van der Waals surface area contributed by atoms with E-state index in [9.17, 15) is 9.90 Å². The van der Waals surface area contributed by atoms with Crippen LogP contribution in [0.5, 0.6) is 11.5 Å². The van der Waals surface area contributed by atoms with Gasteiger partial charge in [-0.2, -0.15) is 5.10 Å². The van der Waals surface area contributed by atoms with Gasteiger partial charge in [-0.1, -0.05) is 12.1 Å². The molecule has 4 aliphatic rings. The molecule has 0 spiro atoms. The largest absolute Gasteiger partial charge is 0.494 e. The van der Waals surface area contributed by atoms with Crippen LogP contribution in [-0.4, -0.2) is 51.6 Å². The lowest BCUT2D eigenvalue weighted by atomic mass is 10.1. The summed E-state index contributed by atoms with van der Waals surface area (Å²) in [6.07, 6.45) is 5.61.